The van der Waals surface area contributed by atoms with Gasteiger partial charge in [0.2, 0.25) is 6.17 Å². The van der Waals surface area contributed by atoms with Gasteiger partial charge < -0.3 is 10.8 Å². The van der Waals surface area contributed by atoms with Crippen molar-refractivity contribution in [2.24, 2.45) is 5.73 Å². The number of hydrogen-bond acceptors (Lipinski definition) is 2. The highest BCUT2D eigenvalue weighted by Crippen LogP contribution is 1.83. The number of carboxylic acid groups (broad SMARTS) is 1. The molecule has 0 aliphatic heterocycles. The van der Waals surface area contributed by atoms with Gasteiger partial charge in [-0.3, -0.25) is 0 Å². The minimum absolute atomic E-state index is 0.449. The molecule has 3 N–H and O–H groups in total. The predicted molar refractivity (Wildman–Crippen MR) is 21.6 cm³/mol. The molecule has 0 aromatic heterocycles. The standard InChI is InChI=1S/C3H6FNO2/c4-2(1-5)3(6)7/h2H,1,5H2,(H,6,7)/t2-/m1/s1/i1+1,2+1,3+1. The fourth-order valence-corrected chi connectivity index (χ4v) is 0.101. The predicted octanol–water partition coefficient (Wildman–Crippen LogP) is -0.632. The van der Waals surface area contributed by atoms with Gasteiger partial charge >= 0.3 is 5.97 Å². The lowest BCUT2D eigenvalue weighted by Crippen LogP contribution is -2.24. The van der Waals surface area contributed by atoms with Crippen LogP contribution in [-0.4, -0.2) is 23.8 Å². The molecule has 0 unspecified atom stereocenters. The van der Waals surface area contributed by atoms with E-state index in [9.17, 15) is 9.18 Å². The van der Waals surface area contributed by atoms with Crippen molar-refractivity contribution in [3.05, 3.63) is 0 Å². The first kappa shape index (κ1) is 6.36. The molecule has 0 saturated heterocycles. The molecular weight excluding hydrogens is 104 g/mol. The van der Waals surface area contributed by atoms with Gasteiger partial charge in [0.1, 0.15) is 0 Å². The monoisotopic (exact) mass is 110 g/mol. The maximum atomic E-state index is 11.5. The smallest absolute Gasteiger partial charge is 0.339 e. The maximum Gasteiger partial charge on any atom is 0.339 e. The van der Waals surface area contributed by atoms with Gasteiger partial charge in [-0.05, 0) is 0 Å². The molecule has 0 radical (unpaired) electrons. The lowest BCUT2D eigenvalue weighted by atomic mass is 11.3. The van der Waals surface area contributed by atoms with Gasteiger partial charge in [-0.1, -0.05) is 0 Å². The van der Waals surface area contributed by atoms with Crippen LogP contribution in [0.3, 0.4) is 0 Å². The zero-order chi connectivity index (χ0) is 5.86. The molecule has 0 aromatic carbocycles. The van der Waals surface area contributed by atoms with Crippen LogP contribution in [0.4, 0.5) is 4.39 Å². The van der Waals surface area contributed by atoms with E-state index in [1.807, 2.05) is 0 Å². The molecular formula is C3H6FNO2. The number of hydrogen-bond donors (Lipinski definition) is 2. The van der Waals surface area contributed by atoms with Crippen molar-refractivity contribution in [3.8, 4) is 0 Å². The molecule has 7 heavy (non-hydrogen) atoms. The highest BCUT2D eigenvalue weighted by molar-refractivity contribution is 5.72. The third-order valence-corrected chi connectivity index (χ3v) is 0.475. The van der Waals surface area contributed by atoms with Crippen molar-refractivity contribution < 1.29 is 14.3 Å². The number of halogens is 1. The van der Waals surface area contributed by atoms with Crippen molar-refractivity contribution in [2.45, 2.75) is 6.17 Å². The van der Waals surface area contributed by atoms with Gasteiger partial charge in [-0.25, -0.2) is 9.18 Å². The van der Waals surface area contributed by atoms with Crippen molar-refractivity contribution >= 4 is 5.97 Å². The van der Waals surface area contributed by atoms with Crippen molar-refractivity contribution in [1.82, 2.24) is 0 Å². The van der Waals surface area contributed by atoms with Crippen LogP contribution >= 0.6 is 0 Å². The normalized spacial score (nSPS) is 13.4. The molecule has 0 aliphatic carbocycles. The maximum absolute atomic E-state index is 11.5. The van der Waals surface area contributed by atoms with Crippen molar-refractivity contribution in [2.75, 3.05) is 6.54 Å². The molecule has 0 bridgehead atoms. The van der Waals surface area contributed by atoms with E-state index in [1.54, 1.807) is 0 Å². The Balaban J connectivity index is 3.34. The average Bonchev–Trinajstić information content (AvgIpc) is 1.65. The Hall–Kier alpha value is -0.640. The summed E-state index contributed by atoms with van der Waals surface area (Å²) in [6.45, 7) is -0.449. The SMILES string of the molecule is N[13CH2][13C@@H](F)[13C](=O)O. The Morgan fingerprint density at radius 3 is 2.43 bits per heavy atom. The summed E-state index contributed by atoms with van der Waals surface area (Å²) in [5, 5.41) is 7.73. The fourth-order valence-electron chi connectivity index (χ4n) is 0.101. The number of alkyl halides is 1. The first-order valence-corrected chi connectivity index (χ1v) is 1.75. The number of carbonyl (C=O) groups is 1. The molecule has 0 amide bonds. The molecule has 0 spiro atoms. The van der Waals surface area contributed by atoms with Gasteiger partial charge in [-0.2, -0.15) is 0 Å². The van der Waals surface area contributed by atoms with Crippen molar-refractivity contribution in [3.63, 3.8) is 0 Å². The fraction of sp³-hybridized carbons (Fsp3) is 0.667. The summed E-state index contributed by atoms with van der Waals surface area (Å²) in [7, 11) is 0. The summed E-state index contributed by atoms with van der Waals surface area (Å²) in [5.74, 6) is -1.50. The third kappa shape index (κ3) is 2.11. The Labute approximate surface area is 39.9 Å². The summed E-state index contributed by atoms with van der Waals surface area (Å²) in [6.07, 6.45) is -1.90. The molecule has 0 rings (SSSR count). The third-order valence-electron chi connectivity index (χ3n) is 0.475. The number of rotatable bonds is 2. The summed E-state index contributed by atoms with van der Waals surface area (Å²) in [4.78, 5) is 9.48. The van der Waals surface area contributed by atoms with Gasteiger partial charge in [0.15, 0.2) is 0 Å². The van der Waals surface area contributed by atoms with E-state index in [-0.39, 0.29) is 0 Å². The van der Waals surface area contributed by atoms with E-state index in [2.05, 4.69) is 5.73 Å². The van der Waals surface area contributed by atoms with Crippen molar-refractivity contribution in [1.29, 1.82) is 0 Å². The second kappa shape index (κ2) is 2.52. The van der Waals surface area contributed by atoms with E-state index in [1.165, 1.54) is 0 Å². The molecule has 0 saturated carbocycles. The second-order valence-corrected chi connectivity index (χ2v) is 1.04. The topological polar surface area (TPSA) is 63.3 Å². The Bertz CT molecular complexity index is 75.3. The van der Waals surface area contributed by atoms with E-state index in [0.29, 0.717) is 0 Å². The molecule has 0 fully saturated rings. The van der Waals surface area contributed by atoms with E-state index in [4.69, 9.17) is 5.11 Å². The number of aliphatic carboxylic acids is 1. The van der Waals surface area contributed by atoms with E-state index < -0.39 is 18.7 Å². The van der Waals surface area contributed by atoms with Crippen LogP contribution in [0, 0.1) is 0 Å². The molecule has 0 aromatic rings. The number of nitrogens with two attached hydrogens (primary N) is 1. The second-order valence-electron chi connectivity index (χ2n) is 1.04. The van der Waals surface area contributed by atoms with Crippen LogP contribution in [0.25, 0.3) is 0 Å². The Morgan fingerprint density at radius 2 is 2.43 bits per heavy atom. The molecule has 0 heterocycles. The van der Waals surface area contributed by atoms with Crippen LogP contribution in [-0.2, 0) is 4.79 Å². The lowest BCUT2D eigenvalue weighted by Gasteiger charge is -1.92. The lowest BCUT2D eigenvalue weighted by molar-refractivity contribution is -0.142. The van der Waals surface area contributed by atoms with Crippen LogP contribution < -0.4 is 5.73 Å². The van der Waals surface area contributed by atoms with E-state index >= 15 is 0 Å². The highest BCUT2D eigenvalue weighted by Gasteiger charge is 2.10. The quantitative estimate of drug-likeness (QED) is 0.465. The summed E-state index contributed by atoms with van der Waals surface area (Å²) in [6, 6.07) is 0. The zero-order valence-electron chi connectivity index (χ0n) is 3.60. The van der Waals surface area contributed by atoms with E-state index in [0.717, 1.165) is 0 Å². The minimum Gasteiger partial charge on any atom is -0.479 e. The first-order chi connectivity index (χ1) is 3.18. The van der Waals surface area contributed by atoms with Gasteiger partial charge in [0.05, 0.1) is 0 Å². The first-order valence-electron chi connectivity index (χ1n) is 1.75. The number of carboxylic acids is 1. The molecule has 42 valence electrons. The minimum atomic E-state index is -1.90. The summed E-state index contributed by atoms with van der Waals surface area (Å²) >= 11 is 0. The van der Waals surface area contributed by atoms with Crippen LogP contribution in [0.5, 0.6) is 0 Å². The van der Waals surface area contributed by atoms with Gasteiger partial charge in [0.25, 0.3) is 0 Å². The zero-order valence-corrected chi connectivity index (χ0v) is 3.60. The summed E-state index contributed by atoms with van der Waals surface area (Å²) in [5.41, 5.74) is 4.62. The molecule has 4 heteroatoms. The molecule has 0 aliphatic rings. The van der Waals surface area contributed by atoms with Crippen LogP contribution in [0.15, 0.2) is 0 Å². The van der Waals surface area contributed by atoms with Gasteiger partial charge in [-0.15, -0.1) is 0 Å². The van der Waals surface area contributed by atoms with Crippen LogP contribution in [0.2, 0.25) is 0 Å². The molecule has 3 nitrogen and oxygen atoms in total. The Morgan fingerprint density at radius 1 is 2.00 bits per heavy atom. The van der Waals surface area contributed by atoms with Gasteiger partial charge in [0, 0.05) is 6.54 Å². The molecule has 1 atom stereocenters. The average molecular weight is 110 g/mol. The highest BCUT2D eigenvalue weighted by atomic mass is 19.2. The summed E-state index contributed by atoms with van der Waals surface area (Å²) < 4.78 is 11.5. The Kier molecular flexibility index (Phi) is 2.29. The largest absolute Gasteiger partial charge is 0.479 e. The van der Waals surface area contributed by atoms with Crippen LogP contribution in [0.1, 0.15) is 0 Å².